The van der Waals surface area contributed by atoms with Gasteiger partial charge in [0.2, 0.25) is 0 Å². The maximum absolute atomic E-state index is 12.2. The molecule has 2 aromatic rings. The molecule has 1 heterocycles. The molecular formula is C10H9ClF3N5. The van der Waals surface area contributed by atoms with Crippen LogP contribution in [0.4, 0.5) is 18.9 Å². The number of nitrogens with two attached hydrogens (primary N) is 1. The number of alkyl halides is 3. The summed E-state index contributed by atoms with van der Waals surface area (Å²) in [4.78, 5) is 0. The Morgan fingerprint density at radius 1 is 1.32 bits per heavy atom. The zero-order chi connectivity index (χ0) is 14.0. The van der Waals surface area contributed by atoms with Crippen LogP contribution in [0.2, 0.25) is 5.02 Å². The van der Waals surface area contributed by atoms with Crippen molar-refractivity contribution in [3.8, 4) is 11.4 Å². The molecule has 2 rings (SSSR count). The summed E-state index contributed by atoms with van der Waals surface area (Å²) < 4.78 is 37.7. The van der Waals surface area contributed by atoms with Gasteiger partial charge >= 0.3 is 6.18 Å². The van der Waals surface area contributed by atoms with Crippen molar-refractivity contribution in [2.24, 2.45) is 0 Å². The van der Waals surface area contributed by atoms with Crippen molar-refractivity contribution in [2.75, 3.05) is 5.73 Å². The number of tetrazole rings is 1. The Bertz CT molecular complexity index is 561. The fourth-order valence-electron chi connectivity index (χ4n) is 1.54. The third-order valence-corrected chi connectivity index (χ3v) is 2.72. The lowest BCUT2D eigenvalue weighted by Gasteiger charge is -2.09. The van der Waals surface area contributed by atoms with Crippen LogP contribution in [0.1, 0.15) is 6.42 Å². The molecule has 0 radical (unpaired) electrons. The molecule has 0 unspecified atom stereocenters. The van der Waals surface area contributed by atoms with Gasteiger partial charge in [-0.2, -0.15) is 13.2 Å². The van der Waals surface area contributed by atoms with Crippen LogP contribution in [0.25, 0.3) is 11.4 Å². The third kappa shape index (κ3) is 3.14. The largest absolute Gasteiger partial charge is 0.398 e. The molecule has 0 fully saturated rings. The van der Waals surface area contributed by atoms with E-state index >= 15 is 0 Å². The molecule has 0 aliphatic heterocycles. The molecule has 0 saturated heterocycles. The van der Waals surface area contributed by atoms with E-state index in [4.69, 9.17) is 17.3 Å². The van der Waals surface area contributed by atoms with Gasteiger partial charge in [-0.3, -0.25) is 0 Å². The monoisotopic (exact) mass is 291 g/mol. The van der Waals surface area contributed by atoms with Crippen molar-refractivity contribution in [1.29, 1.82) is 0 Å². The molecule has 0 spiro atoms. The van der Waals surface area contributed by atoms with Gasteiger partial charge in [-0.05, 0) is 22.6 Å². The first kappa shape index (κ1) is 13.6. The van der Waals surface area contributed by atoms with Crippen molar-refractivity contribution >= 4 is 17.3 Å². The number of nitrogens with zero attached hydrogens (tertiary/aromatic N) is 4. The summed E-state index contributed by atoms with van der Waals surface area (Å²) in [5, 5.41) is 10.8. The molecule has 0 saturated carbocycles. The number of benzene rings is 1. The van der Waals surface area contributed by atoms with Crippen LogP contribution in [-0.2, 0) is 6.54 Å². The van der Waals surface area contributed by atoms with E-state index in [0.29, 0.717) is 11.3 Å². The van der Waals surface area contributed by atoms with Crippen molar-refractivity contribution in [2.45, 2.75) is 19.1 Å². The maximum Gasteiger partial charge on any atom is 0.390 e. The van der Waals surface area contributed by atoms with Gasteiger partial charge in [-0.1, -0.05) is 17.7 Å². The van der Waals surface area contributed by atoms with Gasteiger partial charge in [-0.15, -0.1) is 5.10 Å². The van der Waals surface area contributed by atoms with Crippen LogP contribution in [0.15, 0.2) is 18.2 Å². The van der Waals surface area contributed by atoms with Crippen molar-refractivity contribution in [1.82, 2.24) is 20.2 Å². The molecule has 9 heteroatoms. The van der Waals surface area contributed by atoms with E-state index in [0.717, 1.165) is 4.68 Å². The first-order valence-corrected chi connectivity index (χ1v) is 5.63. The molecule has 1 aromatic heterocycles. The Morgan fingerprint density at radius 2 is 2.05 bits per heavy atom. The van der Waals surface area contributed by atoms with Crippen LogP contribution in [0.5, 0.6) is 0 Å². The number of aryl methyl sites for hydroxylation is 1. The molecule has 5 nitrogen and oxygen atoms in total. The van der Waals surface area contributed by atoms with E-state index in [1.807, 2.05) is 0 Å². The molecule has 102 valence electrons. The molecule has 0 atom stereocenters. The lowest BCUT2D eigenvalue weighted by atomic mass is 10.1. The van der Waals surface area contributed by atoms with Crippen LogP contribution < -0.4 is 5.73 Å². The molecule has 19 heavy (non-hydrogen) atoms. The summed E-state index contributed by atoms with van der Waals surface area (Å²) >= 11 is 5.97. The van der Waals surface area contributed by atoms with Crippen LogP contribution in [0, 0.1) is 0 Å². The molecule has 0 aliphatic carbocycles. The highest BCUT2D eigenvalue weighted by Crippen LogP contribution is 2.31. The van der Waals surface area contributed by atoms with Gasteiger partial charge in [0.1, 0.15) is 0 Å². The second-order valence-electron chi connectivity index (χ2n) is 3.79. The van der Waals surface area contributed by atoms with E-state index in [-0.39, 0.29) is 10.8 Å². The Hall–Kier alpha value is -1.83. The predicted octanol–water partition coefficient (Wildman–Crippen LogP) is 2.53. The molecular weight excluding hydrogens is 283 g/mol. The van der Waals surface area contributed by atoms with E-state index in [1.165, 1.54) is 0 Å². The Labute approximate surface area is 111 Å². The molecule has 2 N–H and O–H groups in total. The quantitative estimate of drug-likeness (QED) is 0.882. The van der Waals surface area contributed by atoms with Gasteiger partial charge in [0.15, 0.2) is 5.82 Å². The zero-order valence-corrected chi connectivity index (χ0v) is 10.3. The predicted molar refractivity (Wildman–Crippen MR) is 63.3 cm³/mol. The van der Waals surface area contributed by atoms with Crippen LogP contribution >= 0.6 is 11.6 Å². The average Bonchev–Trinajstić information content (AvgIpc) is 2.73. The van der Waals surface area contributed by atoms with E-state index < -0.39 is 19.1 Å². The van der Waals surface area contributed by atoms with Crippen molar-refractivity contribution < 1.29 is 13.2 Å². The Balaban J connectivity index is 2.34. The van der Waals surface area contributed by atoms with E-state index in [9.17, 15) is 13.2 Å². The minimum absolute atomic E-state index is 0.118. The number of nitrogen functional groups attached to an aromatic ring is 1. The number of hydrogen-bond donors (Lipinski definition) is 1. The lowest BCUT2D eigenvalue weighted by Crippen LogP contribution is -2.14. The highest BCUT2D eigenvalue weighted by atomic mass is 35.5. The second kappa shape index (κ2) is 5.04. The fourth-order valence-corrected chi connectivity index (χ4v) is 1.81. The van der Waals surface area contributed by atoms with Crippen LogP contribution in [-0.4, -0.2) is 26.4 Å². The number of halogens is 4. The van der Waals surface area contributed by atoms with Gasteiger partial charge < -0.3 is 5.73 Å². The molecule has 1 aromatic carbocycles. The maximum atomic E-state index is 12.2. The van der Waals surface area contributed by atoms with Crippen molar-refractivity contribution in [3.05, 3.63) is 23.2 Å². The first-order valence-electron chi connectivity index (χ1n) is 5.26. The van der Waals surface area contributed by atoms with Gasteiger partial charge in [0, 0.05) is 5.69 Å². The Kier molecular flexibility index (Phi) is 3.61. The highest BCUT2D eigenvalue weighted by molar-refractivity contribution is 6.33. The summed E-state index contributed by atoms with van der Waals surface area (Å²) in [6.07, 6.45) is -5.31. The minimum atomic E-state index is -4.28. The summed E-state index contributed by atoms with van der Waals surface area (Å²) in [7, 11) is 0. The number of aromatic nitrogens is 4. The van der Waals surface area contributed by atoms with Crippen LogP contribution in [0.3, 0.4) is 0 Å². The SMILES string of the molecule is Nc1cccc(Cl)c1-c1nnnn1CCC(F)(F)F. The summed E-state index contributed by atoms with van der Waals surface area (Å²) in [5.74, 6) is 0.118. The molecule has 0 amide bonds. The van der Waals surface area contributed by atoms with Gasteiger partial charge in [0.05, 0.1) is 23.6 Å². The average molecular weight is 292 g/mol. The smallest absolute Gasteiger partial charge is 0.390 e. The first-order chi connectivity index (χ1) is 8.88. The number of anilines is 1. The minimum Gasteiger partial charge on any atom is -0.398 e. The standard InChI is InChI=1S/C10H9ClF3N5/c11-6-2-1-3-7(15)8(6)9-16-17-18-19(9)5-4-10(12,13)14/h1-3H,4-5,15H2. The van der Waals surface area contributed by atoms with Gasteiger partial charge in [0.25, 0.3) is 0 Å². The molecule has 0 bridgehead atoms. The van der Waals surface area contributed by atoms with E-state index in [1.54, 1.807) is 18.2 Å². The number of hydrogen-bond acceptors (Lipinski definition) is 4. The number of rotatable bonds is 3. The fraction of sp³-hybridized carbons (Fsp3) is 0.300. The third-order valence-electron chi connectivity index (χ3n) is 2.41. The normalized spacial score (nSPS) is 11.8. The van der Waals surface area contributed by atoms with E-state index in [2.05, 4.69) is 15.5 Å². The summed E-state index contributed by atoms with van der Waals surface area (Å²) in [5.41, 5.74) is 6.38. The summed E-state index contributed by atoms with van der Waals surface area (Å²) in [6, 6.07) is 4.77. The molecule has 0 aliphatic rings. The zero-order valence-electron chi connectivity index (χ0n) is 9.52. The summed E-state index contributed by atoms with van der Waals surface area (Å²) in [6.45, 7) is -0.392. The second-order valence-corrected chi connectivity index (χ2v) is 4.20. The van der Waals surface area contributed by atoms with Gasteiger partial charge in [-0.25, -0.2) is 4.68 Å². The van der Waals surface area contributed by atoms with Crippen molar-refractivity contribution in [3.63, 3.8) is 0 Å². The Morgan fingerprint density at radius 3 is 2.68 bits per heavy atom. The topological polar surface area (TPSA) is 69.6 Å². The lowest BCUT2D eigenvalue weighted by molar-refractivity contribution is -0.137. The highest BCUT2D eigenvalue weighted by Gasteiger charge is 2.28.